The Morgan fingerprint density at radius 1 is 1.29 bits per heavy atom. The summed E-state index contributed by atoms with van der Waals surface area (Å²) in [7, 11) is 0. The largest absolute Gasteiger partial charge is 0.373 e. The lowest BCUT2D eigenvalue weighted by Gasteiger charge is -2.19. The molecule has 0 spiro atoms. The van der Waals surface area contributed by atoms with Gasteiger partial charge in [0.05, 0.1) is 5.69 Å². The van der Waals surface area contributed by atoms with E-state index in [4.69, 9.17) is 0 Å². The summed E-state index contributed by atoms with van der Waals surface area (Å²) in [5, 5.41) is 9.86. The van der Waals surface area contributed by atoms with Gasteiger partial charge in [-0.3, -0.25) is 0 Å². The molecule has 0 aliphatic carbocycles. The maximum Gasteiger partial charge on any atom is 0.131 e. The minimum atomic E-state index is -0.379. The molecule has 1 N–H and O–H groups in total. The van der Waals surface area contributed by atoms with E-state index in [1.165, 1.54) is 5.56 Å². The molecule has 1 aromatic carbocycles. The number of aliphatic hydroxyl groups excluding tert-OH is 1. The van der Waals surface area contributed by atoms with Crippen molar-refractivity contribution in [3.05, 3.63) is 53.6 Å². The van der Waals surface area contributed by atoms with Crippen molar-refractivity contribution in [3.63, 3.8) is 0 Å². The third-order valence-corrected chi connectivity index (χ3v) is 3.27. The predicted molar refractivity (Wildman–Crippen MR) is 65.7 cm³/mol. The minimum Gasteiger partial charge on any atom is -0.373 e. The molecule has 88 valence electrons. The lowest BCUT2D eigenvalue weighted by molar-refractivity contribution is 0.0780. The molecule has 1 aliphatic heterocycles. The van der Waals surface area contributed by atoms with Gasteiger partial charge in [0.25, 0.3) is 0 Å². The summed E-state index contributed by atoms with van der Waals surface area (Å²) >= 11 is 0. The minimum absolute atomic E-state index is 0.379. The molecule has 0 saturated heterocycles. The van der Waals surface area contributed by atoms with E-state index in [1.54, 1.807) is 0 Å². The van der Waals surface area contributed by atoms with E-state index in [0.717, 1.165) is 37.2 Å². The normalized spacial score (nSPS) is 19.0. The molecule has 17 heavy (non-hydrogen) atoms. The Morgan fingerprint density at radius 2 is 2.12 bits per heavy atom. The van der Waals surface area contributed by atoms with Crippen LogP contribution in [0.2, 0.25) is 0 Å². The zero-order valence-corrected chi connectivity index (χ0v) is 9.71. The highest BCUT2D eigenvalue weighted by Gasteiger charge is 2.19. The van der Waals surface area contributed by atoms with E-state index in [1.807, 2.05) is 29.0 Å². The Morgan fingerprint density at radius 3 is 2.88 bits per heavy atom. The topological polar surface area (TPSA) is 38.1 Å². The first kappa shape index (κ1) is 10.5. The molecule has 3 rings (SSSR count). The molecule has 0 saturated carbocycles. The van der Waals surface area contributed by atoms with Gasteiger partial charge < -0.3 is 9.67 Å². The number of hydrogen-bond acceptors (Lipinski definition) is 2. The highest BCUT2D eigenvalue weighted by molar-refractivity contribution is 5.21. The van der Waals surface area contributed by atoms with Gasteiger partial charge in [-0.1, -0.05) is 30.3 Å². The third kappa shape index (κ3) is 2.11. The molecule has 3 nitrogen and oxygen atoms in total. The summed E-state index contributed by atoms with van der Waals surface area (Å²) in [6.07, 6.45) is 5.30. The SMILES string of the molecule is OC1CCCc2nc(Cc3ccccc3)cn21. The highest BCUT2D eigenvalue weighted by atomic mass is 16.3. The summed E-state index contributed by atoms with van der Waals surface area (Å²) in [5.74, 6) is 1.02. The van der Waals surface area contributed by atoms with Crippen molar-refractivity contribution >= 4 is 0 Å². The molecule has 1 atom stereocenters. The fourth-order valence-corrected chi connectivity index (χ4v) is 2.40. The first-order valence-electron chi connectivity index (χ1n) is 6.11. The average molecular weight is 228 g/mol. The van der Waals surface area contributed by atoms with E-state index in [-0.39, 0.29) is 6.23 Å². The van der Waals surface area contributed by atoms with Crippen molar-refractivity contribution in [2.24, 2.45) is 0 Å². The molecular weight excluding hydrogens is 212 g/mol. The van der Waals surface area contributed by atoms with Crippen molar-refractivity contribution in [1.82, 2.24) is 9.55 Å². The Hall–Kier alpha value is -1.61. The van der Waals surface area contributed by atoms with Crippen LogP contribution in [-0.2, 0) is 12.8 Å². The van der Waals surface area contributed by atoms with Gasteiger partial charge >= 0.3 is 0 Å². The number of aliphatic hydroxyl groups is 1. The van der Waals surface area contributed by atoms with E-state index in [0.29, 0.717) is 0 Å². The van der Waals surface area contributed by atoms with Crippen LogP contribution in [0.15, 0.2) is 36.5 Å². The molecule has 1 unspecified atom stereocenters. The Labute approximate surface area is 101 Å². The number of aryl methyl sites for hydroxylation is 1. The van der Waals surface area contributed by atoms with Crippen molar-refractivity contribution in [3.8, 4) is 0 Å². The number of hydrogen-bond donors (Lipinski definition) is 1. The molecular formula is C14H16N2O. The van der Waals surface area contributed by atoms with Crippen LogP contribution in [0.4, 0.5) is 0 Å². The second kappa shape index (κ2) is 4.34. The lowest BCUT2D eigenvalue weighted by atomic mass is 10.1. The predicted octanol–water partition coefficient (Wildman–Crippen LogP) is 2.30. The van der Waals surface area contributed by atoms with Crippen LogP contribution < -0.4 is 0 Å². The van der Waals surface area contributed by atoms with E-state index in [9.17, 15) is 5.11 Å². The molecule has 1 aliphatic rings. The van der Waals surface area contributed by atoms with Crippen LogP contribution in [0.3, 0.4) is 0 Å². The monoisotopic (exact) mass is 228 g/mol. The van der Waals surface area contributed by atoms with Crippen LogP contribution in [0, 0.1) is 0 Å². The maximum atomic E-state index is 9.86. The molecule has 0 radical (unpaired) electrons. The Kier molecular flexibility index (Phi) is 2.69. The summed E-state index contributed by atoms with van der Waals surface area (Å²) < 4.78 is 1.92. The number of nitrogens with zero attached hydrogens (tertiary/aromatic N) is 2. The number of fused-ring (bicyclic) bond motifs is 1. The van der Waals surface area contributed by atoms with Crippen LogP contribution in [0.1, 0.15) is 36.2 Å². The fourth-order valence-electron chi connectivity index (χ4n) is 2.40. The molecule has 0 amide bonds. The molecule has 2 heterocycles. The number of imidazole rings is 1. The number of aromatic nitrogens is 2. The molecule has 1 aromatic heterocycles. The van der Waals surface area contributed by atoms with E-state index < -0.39 is 0 Å². The summed E-state index contributed by atoms with van der Waals surface area (Å²) in [5.41, 5.74) is 2.31. The summed E-state index contributed by atoms with van der Waals surface area (Å²) in [4.78, 5) is 4.60. The van der Waals surface area contributed by atoms with Gasteiger partial charge in [0, 0.05) is 19.0 Å². The van der Waals surface area contributed by atoms with Gasteiger partial charge in [0.1, 0.15) is 12.1 Å². The van der Waals surface area contributed by atoms with Gasteiger partial charge in [-0.25, -0.2) is 4.98 Å². The molecule has 0 bridgehead atoms. The van der Waals surface area contributed by atoms with Gasteiger partial charge in [0.15, 0.2) is 0 Å². The van der Waals surface area contributed by atoms with E-state index >= 15 is 0 Å². The smallest absolute Gasteiger partial charge is 0.131 e. The second-order valence-corrected chi connectivity index (χ2v) is 4.59. The molecule has 0 fully saturated rings. The van der Waals surface area contributed by atoms with E-state index in [2.05, 4.69) is 17.1 Å². The van der Waals surface area contributed by atoms with Gasteiger partial charge in [0.2, 0.25) is 0 Å². The Bertz CT molecular complexity index is 504. The van der Waals surface area contributed by atoms with Crippen molar-refractivity contribution in [2.75, 3.05) is 0 Å². The Balaban J connectivity index is 1.85. The highest BCUT2D eigenvalue weighted by Crippen LogP contribution is 2.23. The van der Waals surface area contributed by atoms with Crippen molar-refractivity contribution in [2.45, 2.75) is 31.9 Å². The fraction of sp³-hybridized carbons (Fsp3) is 0.357. The van der Waals surface area contributed by atoms with Gasteiger partial charge in [-0.05, 0) is 18.4 Å². The number of benzene rings is 1. The first-order valence-corrected chi connectivity index (χ1v) is 6.11. The molecule has 2 aromatic rings. The second-order valence-electron chi connectivity index (χ2n) is 4.59. The van der Waals surface area contributed by atoms with Crippen LogP contribution in [0.5, 0.6) is 0 Å². The zero-order chi connectivity index (χ0) is 11.7. The van der Waals surface area contributed by atoms with Crippen LogP contribution in [0.25, 0.3) is 0 Å². The van der Waals surface area contributed by atoms with Crippen LogP contribution in [-0.4, -0.2) is 14.7 Å². The molecule has 3 heteroatoms. The standard InChI is InChI=1S/C14H16N2O/c17-14-8-4-7-13-15-12(10-16(13)14)9-11-5-2-1-3-6-11/h1-3,5-6,10,14,17H,4,7-9H2. The first-order chi connectivity index (χ1) is 8.33. The van der Waals surface area contributed by atoms with Crippen LogP contribution >= 0.6 is 0 Å². The summed E-state index contributed by atoms with van der Waals surface area (Å²) in [6.45, 7) is 0. The van der Waals surface area contributed by atoms with Crippen molar-refractivity contribution in [1.29, 1.82) is 0 Å². The summed E-state index contributed by atoms with van der Waals surface area (Å²) in [6, 6.07) is 10.3. The maximum absolute atomic E-state index is 9.86. The number of rotatable bonds is 2. The quantitative estimate of drug-likeness (QED) is 0.856. The van der Waals surface area contributed by atoms with Crippen molar-refractivity contribution < 1.29 is 5.11 Å². The average Bonchev–Trinajstić information content (AvgIpc) is 2.74. The lowest BCUT2D eigenvalue weighted by Crippen LogP contribution is -2.16. The zero-order valence-electron chi connectivity index (χ0n) is 9.71. The van der Waals surface area contributed by atoms with Gasteiger partial charge in [-0.2, -0.15) is 0 Å². The third-order valence-electron chi connectivity index (χ3n) is 3.27. The van der Waals surface area contributed by atoms with Gasteiger partial charge in [-0.15, -0.1) is 0 Å².